The average Bonchev–Trinajstić information content (AvgIpc) is 2.72. The number of hydrogen-bond donors (Lipinski definition) is 0. The monoisotopic (exact) mass is 484 g/mol. The van der Waals surface area contributed by atoms with E-state index < -0.39 is 16.6 Å². The fourth-order valence-corrected chi connectivity index (χ4v) is 8.12. The molecule has 0 radical (unpaired) electrons. The molecular weight excluding hydrogens is 432 g/mol. The van der Waals surface area contributed by atoms with Crippen molar-refractivity contribution in [2.45, 2.75) is 118 Å². The van der Waals surface area contributed by atoms with E-state index in [4.69, 9.17) is 13.6 Å². The first-order valence-corrected chi connectivity index (χ1v) is 18.0. The highest BCUT2D eigenvalue weighted by molar-refractivity contribution is 6.74. The minimum Gasteiger partial charge on any atom is -0.463 e. The molecule has 0 N–H and O–H groups in total. The highest BCUT2D eigenvalue weighted by atomic mass is 28.4. The van der Waals surface area contributed by atoms with Crippen molar-refractivity contribution < 1.29 is 18.4 Å². The van der Waals surface area contributed by atoms with Gasteiger partial charge in [0.25, 0.3) is 0 Å². The first-order valence-electron chi connectivity index (χ1n) is 12.6. The van der Waals surface area contributed by atoms with Crippen LogP contribution in [0.25, 0.3) is 0 Å². The molecule has 0 aliphatic heterocycles. The third kappa shape index (κ3) is 9.66. The lowest BCUT2D eigenvalue weighted by Crippen LogP contribution is -2.50. The molecule has 0 rings (SSSR count). The summed E-state index contributed by atoms with van der Waals surface area (Å²) in [4.78, 5) is 11.6. The normalized spacial score (nSPS) is 17.5. The van der Waals surface area contributed by atoms with Crippen LogP contribution in [0.2, 0.25) is 36.3 Å². The van der Waals surface area contributed by atoms with Crippen LogP contribution in [0, 0.1) is 11.8 Å². The summed E-state index contributed by atoms with van der Waals surface area (Å²) >= 11 is 0. The topological polar surface area (TPSA) is 44.8 Å². The molecule has 0 heterocycles. The fraction of sp³-hybridized carbons (Fsp3) is 0.808. The lowest BCUT2D eigenvalue weighted by molar-refractivity contribution is -0.137. The predicted molar refractivity (Wildman–Crippen MR) is 143 cm³/mol. The van der Waals surface area contributed by atoms with Crippen molar-refractivity contribution in [3.05, 3.63) is 24.3 Å². The van der Waals surface area contributed by atoms with E-state index in [0.717, 1.165) is 18.1 Å². The van der Waals surface area contributed by atoms with Crippen molar-refractivity contribution in [2.75, 3.05) is 6.61 Å². The maximum Gasteiger partial charge on any atom is 0.330 e. The molecule has 0 aromatic rings. The SMILES string of the molecule is CCOC(=O)/C=C/C=C/[C@H](C)[C@@H](O[Si](C)(C)C(C)(C)C)[C@@H](C)[C@H](C)O[Si](CC)(CC)CC. The molecule has 0 fully saturated rings. The Morgan fingerprint density at radius 2 is 1.44 bits per heavy atom. The van der Waals surface area contributed by atoms with Crippen molar-refractivity contribution >= 4 is 22.6 Å². The zero-order valence-corrected chi connectivity index (χ0v) is 25.1. The van der Waals surface area contributed by atoms with Crippen LogP contribution in [0.1, 0.15) is 69.2 Å². The Morgan fingerprint density at radius 1 is 0.906 bits per heavy atom. The molecule has 6 heteroatoms. The Hall–Kier alpha value is -0.696. The van der Waals surface area contributed by atoms with Gasteiger partial charge >= 0.3 is 5.97 Å². The summed E-state index contributed by atoms with van der Waals surface area (Å²) in [7, 11) is -3.67. The molecule has 0 aliphatic rings. The maximum absolute atomic E-state index is 11.6. The minimum atomic E-state index is -1.97. The van der Waals surface area contributed by atoms with E-state index in [1.165, 1.54) is 6.08 Å². The van der Waals surface area contributed by atoms with Gasteiger partial charge in [-0.2, -0.15) is 0 Å². The Bertz CT molecular complexity index is 595. The summed E-state index contributed by atoms with van der Waals surface area (Å²) in [6, 6.07) is 3.46. The van der Waals surface area contributed by atoms with Crippen molar-refractivity contribution in [3.63, 3.8) is 0 Å². The van der Waals surface area contributed by atoms with Crippen LogP contribution < -0.4 is 0 Å². The molecule has 0 unspecified atom stereocenters. The second kappa shape index (κ2) is 13.9. The summed E-state index contributed by atoms with van der Waals surface area (Å²) in [6.07, 6.45) is 7.49. The van der Waals surface area contributed by atoms with Gasteiger partial charge in [0.1, 0.15) is 0 Å². The van der Waals surface area contributed by atoms with Crippen molar-refractivity contribution in [3.8, 4) is 0 Å². The van der Waals surface area contributed by atoms with Gasteiger partial charge < -0.3 is 13.6 Å². The number of esters is 1. The third-order valence-electron chi connectivity index (χ3n) is 7.43. The number of carbonyl (C=O) groups is 1. The summed E-state index contributed by atoms with van der Waals surface area (Å²) < 4.78 is 18.8. The van der Waals surface area contributed by atoms with Crippen LogP contribution in [-0.2, 0) is 18.4 Å². The lowest BCUT2D eigenvalue weighted by atomic mass is 9.90. The van der Waals surface area contributed by atoms with Crippen LogP contribution in [0.4, 0.5) is 0 Å². The zero-order valence-electron chi connectivity index (χ0n) is 23.1. The smallest absolute Gasteiger partial charge is 0.330 e. The van der Waals surface area contributed by atoms with E-state index >= 15 is 0 Å². The van der Waals surface area contributed by atoms with Gasteiger partial charge in [-0.1, -0.05) is 73.6 Å². The van der Waals surface area contributed by atoms with Crippen molar-refractivity contribution in [1.29, 1.82) is 0 Å². The van der Waals surface area contributed by atoms with Crippen molar-refractivity contribution in [2.24, 2.45) is 11.8 Å². The molecule has 0 bridgehead atoms. The van der Waals surface area contributed by atoms with E-state index in [1.807, 2.05) is 13.0 Å². The van der Waals surface area contributed by atoms with Crippen LogP contribution >= 0.6 is 0 Å². The number of hydrogen-bond acceptors (Lipinski definition) is 4. The van der Waals surface area contributed by atoms with Gasteiger partial charge in [-0.15, -0.1) is 0 Å². The summed E-state index contributed by atoms with van der Waals surface area (Å²) in [6.45, 7) is 27.2. The zero-order chi connectivity index (χ0) is 25.2. The molecule has 0 aromatic heterocycles. The minimum absolute atomic E-state index is 0.0513. The van der Waals surface area contributed by atoms with Crippen LogP contribution in [0.15, 0.2) is 24.3 Å². The Kier molecular flexibility index (Phi) is 13.6. The molecule has 0 aliphatic carbocycles. The van der Waals surface area contributed by atoms with E-state index in [9.17, 15) is 4.79 Å². The van der Waals surface area contributed by atoms with E-state index in [-0.39, 0.29) is 35.1 Å². The molecular formula is C26H52O4Si2. The number of carbonyl (C=O) groups excluding carboxylic acids is 1. The Balaban J connectivity index is 5.74. The molecule has 32 heavy (non-hydrogen) atoms. The Labute approximate surface area is 201 Å². The molecule has 0 aromatic carbocycles. The molecule has 0 saturated heterocycles. The molecule has 0 spiro atoms. The van der Waals surface area contributed by atoms with Gasteiger partial charge in [-0.3, -0.25) is 0 Å². The van der Waals surface area contributed by atoms with E-state index in [2.05, 4.69) is 81.5 Å². The average molecular weight is 485 g/mol. The van der Waals surface area contributed by atoms with Gasteiger partial charge in [-0.25, -0.2) is 4.79 Å². The number of ether oxygens (including phenoxy) is 1. The lowest BCUT2D eigenvalue weighted by Gasteiger charge is -2.44. The standard InChI is InChI=1S/C26H52O4Si2/c1-13-28-24(27)20-18-17-19-21(5)25(30-31(11,12)26(8,9)10)22(6)23(7)29-32(14-2,15-3)16-4/h17-23,25H,13-16H2,1-12H3/b19-17+,20-18+/t21-,22-,23-,25+/m0/s1. The maximum atomic E-state index is 11.6. The van der Waals surface area contributed by atoms with Gasteiger partial charge in [0.2, 0.25) is 0 Å². The van der Waals surface area contributed by atoms with Gasteiger partial charge in [0.05, 0.1) is 12.7 Å². The van der Waals surface area contributed by atoms with Crippen LogP contribution in [-0.4, -0.2) is 41.4 Å². The second-order valence-corrected chi connectivity index (χ2v) is 20.1. The molecule has 4 atom stereocenters. The van der Waals surface area contributed by atoms with Crippen LogP contribution in [0.5, 0.6) is 0 Å². The van der Waals surface area contributed by atoms with Gasteiger partial charge in [0.15, 0.2) is 16.6 Å². The Morgan fingerprint density at radius 3 is 1.88 bits per heavy atom. The molecule has 0 saturated carbocycles. The van der Waals surface area contributed by atoms with Gasteiger partial charge in [0, 0.05) is 18.1 Å². The summed E-state index contributed by atoms with van der Waals surface area (Å²) in [5.41, 5.74) is 0. The second-order valence-electron chi connectivity index (χ2n) is 10.6. The third-order valence-corrected chi connectivity index (χ3v) is 16.6. The largest absolute Gasteiger partial charge is 0.463 e. The first kappa shape index (κ1) is 31.3. The summed E-state index contributed by atoms with van der Waals surface area (Å²) in [5, 5.41) is 0.136. The molecule has 188 valence electrons. The fourth-order valence-electron chi connectivity index (χ4n) is 3.65. The van der Waals surface area contributed by atoms with E-state index in [1.54, 1.807) is 6.08 Å². The van der Waals surface area contributed by atoms with Gasteiger partial charge in [-0.05, 0) is 56.0 Å². The predicted octanol–water partition coefficient (Wildman–Crippen LogP) is 7.73. The molecule has 0 amide bonds. The quantitative estimate of drug-likeness (QED) is 0.109. The highest BCUT2D eigenvalue weighted by Crippen LogP contribution is 2.40. The highest BCUT2D eigenvalue weighted by Gasteiger charge is 2.43. The van der Waals surface area contributed by atoms with Crippen molar-refractivity contribution in [1.82, 2.24) is 0 Å². The number of allylic oxidation sites excluding steroid dienone is 2. The van der Waals surface area contributed by atoms with E-state index in [0.29, 0.717) is 6.61 Å². The number of rotatable bonds is 14. The first-order chi connectivity index (χ1) is 14.7. The van der Waals surface area contributed by atoms with Crippen LogP contribution in [0.3, 0.4) is 0 Å². The molecule has 4 nitrogen and oxygen atoms in total. The summed E-state index contributed by atoms with van der Waals surface area (Å²) in [5.74, 6) is 0.140.